The summed E-state index contributed by atoms with van der Waals surface area (Å²) >= 11 is 0. The van der Waals surface area contributed by atoms with Crippen LogP contribution in [0.3, 0.4) is 0 Å². The van der Waals surface area contributed by atoms with Crippen LogP contribution < -0.4 is 4.74 Å². The average Bonchev–Trinajstić information content (AvgIpc) is 3.12. The fourth-order valence-electron chi connectivity index (χ4n) is 4.17. The van der Waals surface area contributed by atoms with E-state index in [2.05, 4.69) is 54.1 Å². The first-order valence-electron chi connectivity index (χ1n) is 10.3. The van der Waals surface area contributed by atoms with Crippen molar-refractivity contribution in [3.05, 3.63) is 65.9 Å². The van der Waals surface area contributed by atoms with Crippen molar-refractivity contribution in [2.24, 2.45) is 0 Å². The third-order valence-corrected chi connectivity index (χ3v) is 5.88. The number of rotatable bonds is 6. The highest BCUT2D eigenvalue weighted by Gasteiger charge is 2.22. The number of fused-ring (bicyclic) bond motifs is 1. The normalized spacial score (nSPS) is 17.3. The van der Waals surface area contributed by atoms with Gasteiger partial charge in [0, 0.05) is 41.6 Å². The van der Waals surface area contributed by atoms with Gasteiger partial charge in [-0.15, -0.1) is 0 Å². The van der Waals surface area contributed by atoms with E-state index >= 15 is 0 Å². The maximum Gasteiger partial charge on any atom is 0.120 e. The number of ether oxygens (including phenoxy) is 1. The minimum absolute atomic E-state index is 0.0432. The topological polar surface area (TPSA) is 48.5 Å². The van der Waals surface area contributed by atoms with Crippen molar-refractivity contribution in [3.8, 4) is 5.75 Å². The van der Waals surface area contributed by atoms with Crippen molar-refractivity contribution in [2.75, 3.05) is 19.7 Å². The fourth-order valence-corrected chi connectivity index (χ4v) is 4.17. The molecule has 1 fully saturated rings. The van der Waals surface area contributed by atoms with Gasteiger partial charge in [-0.1, -0.05) is 30.3 Å². The van der Waals surface area contributed by atoms with Crippen LogP contribution in [-0.4, -0.2) is 46.8 Å². The van der Waals surface area contributed by atoms with E-state index in [4.69, 9.17) is 4.74 Å². The zero-order valence-corrected chi connectivity index (χ0v) is 16.8. The van der Waals surface area contributed by atoms with Gasteiger partial charge in [0.2, 0.25) is 0 Å². The van der Waals surface area contributed by atoms with Crippen molar-refractivity contribution in [1.82, 2.24) is 9.88 Å². The predicted octanol–water partition coefficient (Wildman–Crippen LogP) is 4.54. The summed E-state index contributed by atoms with van der Waals surface area (Å²) in [5.74, 6) is 0.889. The molecule has 1 aliphatic heterocycles. The Labute approximate surface area is 167 Å². The quantitative estimate of drug-likeness (QED) is 0.662. The Hall–Kier alpha value is -2.30. The lowest BCUT2D eigenvalue weighted by Gasteiger charge is -2.34. The summed E-state index contributed by atoms with van der Waals surface area (Å²) in [7, 11) is 0. The van der Waals surface area contributed by atoms with E-state index in [0.717, 1.165) is 53.8 Å². The van der Waals surface area contributed by atoms with Gasteiger partial charge >= 0.3 is 0 Å². The Balaban J connectivity index is 1.49. The van der Waals surface area contributed by atoms with Gasteiger partial charge in [0.25, 0.3) is 0 Å². The van der Waals surface area contributed by atoms with Gasteiger partial charge in [-0.05, 0) is 56.5 Å². The lowest BCUT2D eigenvalue weighted by Crippen LogP contribution is -2.41. The number of aromatic nitrogens is 1. The van der Waals surface area contributed by atoms with E-state index in [1.54, 1.807) is 0 Å². The SMILES string of the molecule is CC(C)N1CCC(Oc2ccc3[nH]c(C(CO)c4ccccc4)cc3c2)CC1. The van der Waals surface area contributed by atoms with E-state index in [1.807, 2.05) is 24.3 Å². The Morgan fingerprint density at radius 1 is 1.07 bits per heavy atom. The molecule has 0 bridgehead atoms. The molecule has 28 heavy (non-hydrogen) atoms. The molecule has 2 aromatic carbocycles. The number of likely N-dealkylation sites (tertiary alicyclic amines) is 1. The van der Waals surface area contributed by atoms with E-state index in [-0.39, 0.29) is 12.5 Å². The molecule has 1 aromatic heterocycles. The predicted molar refractivity (Wildman–Crippen MR) is 114 cm³/mol. The molecule has 148 valence electrons. The molecule has 4 nitrogen and oxygen atoms in total. The number of piperidine rings is 1. The number of aromatic amines is 1. The highest BCUT2D eigenvalue weighted by Crippen LogP contribution is 2.30. The van der Waals surface area contributed by atoms with Gasteiger partial charge in [0.1, 0.15) is 11.9 Å². The van der Waals surface area contributed by atoms with Crippen LogP contribution in [0.2, 0.25) is 0 Å². The Kier molecular flexibility index (Phi) is 5.69. The molecule has 0 spiro atoms. The standard InChI is InChI=1S/C24H30N2O2/c1-17(2)26-12-10-20(11-13-26)28-21-8-9-23-19(14-21)15-24(25-23)22(16-27)18-6-4-3-5-7-18/h3-9,14-15,17,20,22,25,27H,10-13,16H2,1-2H3. The molecule has 1 saturated heterocycles. The highest BCUT2D eigenvalue weighted by molar-refractivity contribution is 5.82. The van der Waals surface area contributed by atoms with Crippen molar-refractivity contribution in [3.63, 3.8) is 0 Å². The van der Waals surface area contributed by atoms with E-state index in [9.17, 15) is 5.11 Å². The van der Waals surface area contributed by atoms with E-state index in [0.29, 0.717) is 12.1 Å². The Morgan fingerprint density at radius 3 is 2.50 bits per heavy atom. The van der Waals surface area contributed by atoms with E-state index in [1.165, 1.54) is 0 Å². The molecule has 2 heterocycles. The van der Waals surface area contributed by atoms with Crippen LogP contribution >= 0.6 is 0 Å². The molecular formula is C24H30N2O2. The zero-order valence-electron chi connectivity index (χ0n) is 16.8. The van der Waals surface area contributed by atoms with Crippen LogP contribution in [0.4, 0.5) is 0 Å². The number of hydrogen-bond donors (Lipinski definition) is 2. The van der Waals surface area contributed by atoms with E-state index < -0.39 is 0 Å². The van der Waals surface area contributed by atoms with Crippen LogP contribution in [0.25, 0.3) is 10.9 Å². The first-order valence-corrected chi connectivity index (χ1v) is 10.3. The summed E-state index contributed by atoms with van der Waals surface area (Å²) in [6.45, 7) is 6.80. The molecular weight excluding hydrogens is 348 g/mol. The van der Waals surface area contributed by atoms with Crippen molar-refractivity contribution in [2.45, 2.75) is 44.8 Å². The largest absolute Gasteiger partial charge is 0.490 e. The molecule has 2 N–H and O–H groups in total. The van der Waals surface area contributed by atoms with Gasteiger partial charge < -0.3 is 19.7 Å². The lowest BCUT2D eigenvalue weighted by molar-refractivity contribution is 0.0844. The third kappa shape index (κ3) is 4.08. The van der Waals surface area contributed by atoms with Crippen LogP contribution in [0.1, 0.15) is 43.9 Å². The van der Waals surface area contributed by atoms with Crippen LogP contribution in [0.15, 0.2) is 54.6 Å². The molecule has 0 radical (unpaired) electrons. The number of hydrogen-bond acceptors (Lipinski definition) is 3. The summed E-state index contributed by atoms with van der Waals surface area (Å²) in [4.78, 5) is 5.99. The van der Waals surface area contributed by atoms with Crippen LogP contribution in [0.5, 0.6) is 5.75 Å². The minimum Gasteiger partial charge on any atom is -0.490 e. The van der Waals surface area contributed by atoms with Gasteiger partial charge in [0.05, 0.1) is 6.61 Å². The summed E-state index contributed by atoms with van der Waals surface area (Å²) in [6, 6.07) is 19.1. The number of nitrogens with zero attached hydrogens (tertiary/aromatic N) is 1. The van der Waals surface area contributed by atoms with Crippen LogP contribution in [0, 0.1) is 0 Å². The molecule has 0 aliphatic carbocycles. The highest BCUT2D eigenvalue weighted by atomic mass is 16.5. The molecule has 1 atom stereocenters. The number of aliphatic hydroxyl groups excluding tert-OH is 1. The second kappa shape index (κ2) is 8.38. The van der Waals surface area contributed by atoms with Crippen LogP contribution in [-0.2, 0) is 0 Å². The molecule has 1 unspecified atom stereocenters. The second-order valence-corrected chi connectivity index (χ2v) is 8.07. The second-order valence-electron chi connectivity index (χ2n) is 8.07. The summed E-state index contributed by atoms with van der Waals surface area (Å²) in [5, 5.41) is 11.1. The molecule has 3 aromatic rings. The smallest absolute Gasteiger partial charge is 0.120 e. The maximum atomic E-state index is 9.94. The summed E-state index contributed by atoms with van der Waals surface area (Å²) in [6.07, 6.45) is 2.45. The molecule has 1 aliphatic rings. The number of H-pyrrole nitrogens is 1. The first kappa shape index (κ1) is 19.0. The van der Waals surface area contributed by atoms with Crippen molar-refractivity contribution in [1.29, 1.82) is 0 Å². The van der Waals surface area contributed by atoms with Crippen molar-refractivity contribution < 1.29 is 9.84 Å². The zero-order chi connectivity index (χ0) is 19.5. The lowest BCUT2D eigenvalue weighted by atomic mass is 9.97. The number of nitrogens with one attached hydrogen (secondary N) is 1. The first-order chi connectivity index (χ1) is 13.6. The Bertz CT molecular complexity index is 895. The molecule has 4 heteroatoms. The fraction of sp³-hybridized carbons (Fsp3) is 0.417. The number of benzene rings is 2. The van der Waals surface area contributed by atoms with Gasteiger partial charge in [-0.3, -0.25) is 0 Å². The summed E-state index contributed by atoms with van der Waals surface area (Å²) < 4.78 is 6.28. The van der Waals surface area contributed by atoms with Gasteiger partial charge in [-0.2, -0.15) is 0 Å². The van der Waals surface area contributed by atoms with Crippen molar-refractivity contribution >= 4 is 10.9 Å². The van der Waals surface area contributed by atoms with Gasteiger partial charge in [0.15, 0.2) is 0 Å². The van der Waals surface area contributed by atoms with Gasteiger partial charge in [-0.25, -0.2) is 0 Å². The molecule has 0 saturated carbocycles. The molecule has 4 rings (SSSR count). The third-order valence-electron chi connectivity index (χ3n) is 5.88. The molecule has 0 amide bonds. The monoisotopic (exact) mass is 378 g/mol. The summed E-state index contributed by atoms with van der Waals surface area (Å²) in [5.41, 5.74) is 3.22. The maximum absolute atomic E-state index is 9.94. The average molecular weight is 379 g/mol. The Morgan fingerprint density at radius 2 is 1.82 bits per heavy atom. The minimum atomic E-state index is -0.0432. The number of aliphatic hydroxyl groups is 1.